The molecule has 1 aliphatic rings. The molecule has 0 aliphatic carbocycles. The van der Waals surface area contributed by atoms with Crippen LogP contribution in [0.2, 0.25) is 0 Å². The van der Waals surface area contributed by atoms with Gasteiger partial charge in [0.25, 0.3) is 0 Å². The Morgan fingerprint density at radius 2 is 0.898 bits per heavy atom. The van der Waals surface area contributed by atoms with E-state index < -0.39 is 0 Å². The molecular formula is C48H28O. The van der Waals surface area contributed by atoms with Gasteiger partial charge in [-0.25, -0.2) is 0 Å². The maximum Gasteiger partial charge on any atom is 0.136 e. The van der Waals surface area contributed by atoms with Gasteiger partial charge < -0.3 is 4.74 Å². The second-order valence-corrected chi connectivity index (χ2v) is 13.2. The standard InChI is InChI=1S/C48H28O/c1-4-15-33-29(11-1)14-9-20-36(33)46-39-19-8-7-18-38(39)45(48-35-17-6-2-12-30(35)23-25-41(46)48)32-24-26-43-42(27-32)40-22-10-21-37-34-16-5-3-13-31(34)28-44(49-43)47(37)40/h1-28H. The van der Waals surface area contributed by atoms with E-state index in [2.05, 4.69) is 170 Å². The zero-order valence-corrected chi connectivity index (χ0v) is 26.6. The van der Waals surface area contributed by atoms with Crippen molar-refractivity contribution in [1.82, 2.24) is 0 Å². The van der Waals surface area contributed by atoms with E-state index in [1.807, 2.05) is 0 Å². The Kier molecular flexibility index (Phi) is 5.45. The molecule has 0 atom stereocenters. The zero-order chi connectivity index (χ0) is 32.1. The van der Waals surface area contributed by atoms with E-state index in [0.29, 0.717) is 0 Å². The van der Waals surface area contributed by atoms with Gasteiger partial charge in [-0.2, -0.15) is 0 Å². The van der Waals surface area contributed by atoms with Crippen molar-refractivity contribution in [2.45, 2.75) is 0 Å². The minimum Gasteiger partial charge on any atom is -0.456 e. The third-order valence-electron chi connectivity index (χ3n) is 10.6. The highest BCUT2D eigenvalue weighted by Gasteiger charge is 2.24. The Morgan fingerprint density at radius 1 is 0.286 bits per heavy atom. The average molecular weight is 621 g/mol. The van der Waals surface area contributed by atoms with Crippen LogP contribution in [0.5, 0.6) is 11.5 Å². The van der Waals surface area contributed by atoms with E-state index in [-0.39, 0.29) is 0 Å². The van der Waals surface area contributed by atoms with Gasteiger partial charge in [-0.15, -0.1) is 0 Å². The molecule has 226 valence electrons. The first-order valence-corrected chi connectivity index (χ1v) is 16.9. The van der Waals surface area contributed by atoms with Gasteiger partial charge in [-0.05, 0) is 105 Å². The highest BCUT2D eigenvalue weighted by Crippen LogP contribution is 2.52. The van der Waals surface area contributed by atoms with Crippen LogP contribution in [0.25, 0.3) is 98.0 Å². The predicted molar refractivity (Wildman–Crippen MR) is 208 cm³/mol. The summed E-state index contributed by atoms with van der Waals surface area (Å²) in [6.07, 6.45) is 0. The van der Waals surface area contributed by atoms with Crippen LogP contribution >= 0.6 is 0 Å². The van der Waals surface area contributed by atoms with Gasteiger partial charge in [0.15, 0.2) is 0 Å². The van der Waals surface area contributed by atoms with E-state index >= 15 is 0 Å². The lowest BCUT2D eigenvalue weighted by Crippen LogP contribution is -1.98. The van der Waals surface area contributed by atoms with Crippen molar-refractivity contribution in [2.24, 2.45) is 0 Å². The van der Waals surface area contributed by atoms with Crippen molar-refractivity contribution in [3.05, 3.63) is 170 Å². The third kappa shape index (κ3) is 3.76. The summed E-state index contributed by atoms with van der Waals surface area (Å²) in [6, 6.07) is 62.1. The third-order valence-corrected chi connectivity index (χ3v) is 10.6. The first-order chi connectivity index (χ1) is 24.3. The van der Waals surface area contributed by atoms with E-state index in [4.69, 9.17) is 4.74 Å². The van der Waals surface area contributed by atoms with E-state index in [0.717, 1.165) is 17.1 Å². The van der Waals surface area contributed by atoms with Crippen LogP contribution in [0.3, 0.4) is 0 Å². The lowest BCUT2D eigenvalue weighted by Gasteiger charge is -2.24. The molecule has 0 unspecified atom stereocenters. The molecule has 1 aliphatic heterocycles. The van der Waals surface area contributed by atoms with Crippen LogP contribution < -0.4 is 4.74 Å². The fraction of sp³-hybridized carbons (Fsp3) is 0. The molecule has 0 aromatic heterocycles. The molecule has 10 aromatic carbocycles. The molecule has 0 bridgehead atoms. The zero-order valence-electron chi connectivity index (χ0n) is 26.6. The second-order valence-electron chi connectivity index (χ2n) is 13.2. The molecule has 0 spiro atoms. The van der Waals surface area contributed by atoms with Gasteiger partial charge in [0.2, 0.25) is 0 Å². The molecular weight excluding hydrogens is 593 g/mol. The van der Waals surface area contributed by atoms with Crippen molar-refractivity contribution < 1.29 is 4.74 Å². The van der Waals surface area contributed by atoms with E-state index in [9.17, 15) is 0 Å². The van der Waals surface area contributed by atoms with Gasteiger partial charge in [-0.1, -0.05) is 152 Å². The second kappa shape index (κ2) is 10.0. The largest absolute Gasteiger partial charge is 0.456 e. The van der Waals surface area contributed by atoms with E-state index in [1.54, 1.807) is 0 Å². The van der Waals surface area contributed by atoms with Gasteiger partial charge in [0.05, 0.1) is 0 Å². The maximum absolute atomic E-state index is 6.71. The molecule has 1 heterocycles. The maximum atomic E-state index is 6.71. The van der Waals surface area contributed by atoms with Crippen molar-refractivity contribution in [2.75, 3.05) is 0 Å². The molecule has 49 heavy (non-hydrogen) atoms. The van der Waals surface area contributed by atoms with Crippen molar-refractivity contribution in [3.63, 3.8) is 0 Å². The molecule has 0 saturated carbocycles. The summed E-state index contributed by atoms with van der Waals surface area (Å²) < 4.78 is 6.71. The molecule has 10 aromatic rings. The summed E-state index contributed by atoms with van der Waals surface area (Å²) >= 11 is 0. The van der Waals surface area contributed by atoms with Crippen LogP contribution in [0.4, 0.5) is 0 Å². The molecule has 1 heteroatoms. The molecule has 0 amide bonds. The van der Waals surface area contributed by atoms with Crippen LogP contribution in [0.1, 0.15) is 0 Å². The Hall–Kier alpha value is -6.44. The summed E-state index contributed by atoms with van der Waals surface area (Å²) in [6.45, 7) is 0. The van der Waals surface area contributed by atoms with E-state index in [1.165, 1.54) is 92.5 Å². The SMILES string of the molecule is c1ccc2c(-c3c4ccccc4c(-c4ccc5c(c4)-c4cccc6c4c(cc4ccccc46)O5)c4c3ccc3ccccc34)cccc2c1. The quantitative estimate of drug-likeness (QED) is 0.138. The van der Waals surface area contributed by atoms with Crippen LogP contribution in [-0.2, 0) is 0 Å². The molecule has 1 nitrogen and oxygen atoms in total. The highest BCUT2D eigenvalue weighted by molar-refractivity contribution is 6.29. The Bertz CT molecular complexity index is 3020. The van der Waals surface area contributed by atoms with Crippen molar-refractivity contribution >= 4 is 64.6 Å². The molecule has 0 radical (unpaired) electrons. The Labute approximate surface area is 283 Å². The number of hydrogen-bond donors (Lipinski definition) is 0. The summed E-state index contributed by atoms with van der Waals surface area (Å²) in [5.41, 5.74) is 7.32. The molecule has 0 saturated heterocycles. The van der Waals surface area contributed by atoms with Crippen molar-refractivity contribution in [3.8, 4) is 44.9 Å². The summed E-state index contributed by atoms with van der Waals surface area (Å²) in [5.74, 6) is 1.82. The monoisotopic (exact) mass is 620 g/mol. The lowest BCUT2D eigenvalue weighted by molar-refractivity contribution is 0.488. The normalized spacial score (nSPS) is 12.2. The van der Waals surface area contributed by atoms with Gasteiger partial charge in [0, 0.05) is 10.9 Å². The number of rotatable bonds is 2. The fourth-order valence-electron chi connectivity index (χ4n) is 8.51. The number of hydrogen-bond acceptors (Lipinski definition) is 1. The molecule has 11 rings (SSSR count). The summed E-state index contributed by atoms with van der Waals surface area (Å²) in [7, 11) is 0. The summed E-state index contributed by atoms with van der Waals surface area (Å²) in [5, 5.41) is 14.9. The topological polar surface area (TPSA) is 9.23 Å². The lowest BCUT2D eigenvalue weighted by atomic mass is 9.82. The fourth-order valence-corrected chi connectivity index (χ4v) is 8.51. The minimum absolute atomic E-state index is 0.893. The smallest absolute Gasteiger partial charge is 0.136 e. The van der Waals surface area contributed by atoms with Gasteiger partial charge in [-0.3, -0.25) is 0 Å². The number of fused-ring (bicyclic) bond motifs is 9. The summed E-state index contributed by atoms with van der Waals surface area (Å²) in [4.78, 5) is 0. The van der Waals surface area contributed by atoms with Crippen LogP contribution in [0, 0.1) is 0 Å². The van der Waals surface area contributed by atoms with Crippen LogP contribution in [0.15, 0.2) is 170 Å². The number of benzene rings is 10. The Morgan fingerprint density at radius 3 is 1.73 bits per heavy atom. The average Bonchev–Trinajstić information content (AvgIpc) is 3.17. The first-order valence-electron chi connectivity index (χ1n) is 16.9. The minimum atomic E-state index is 0.893. The number of ether oxygens (including phenoxy) is 1. The first kappa shape index (κ1) is 26.6. The van der Waals surface area contributed by atoms with Crippen LogP contribution in [-0.4, -0.2) is 0 Å². The van der Waals surface area contributed by atoms with Gasteiger partial charge >= 0.3 is 0 Å². The van der Waals surface area contributed by atoms with Gasteiger partial charge in [0.1, 0.15) is 11.5 Å². The predicted octanol–water partition coefficient (Wildman–Crippen LogP) is 13.7. The molecule has 0 fully saturated rings. The van der Waals surface area contributed by atoms with Crippen molar-refractivity contribution in [1.29, 1.82) is 0 Å². The highest BCUT2D eigenvalue weighted by atomic mass is 16.5. The molecule has 0 N–H and O–H groups in total. The Balaban J connectivity index is 1.27.